The fraction of sp³-hybridized carbons (Fsp3) is 0.579. The van der Waals surface area contributed by atoms with Crippen LogP contribution >= 0.6 is 0 Å². The molecule has 0 saturated carbocycles. The van der Waals surface area contributed by atoms with Crippen molar-refractivity contribution in [1.29, 1.82) is 0 Å². The van der Waals surface area contributed by atoms with Crippen molar-refractivity contribution in [2.75, 3.05) is 39.3 Å². The number of hydrogen-bond acceptors (Lipinski definition) is 3. The predicted molar refractivity (Wildman–Crippen MR) is 97.1 cm³/mol. The highest BCUT2D eigenvalue weighted by atomic mass is 19.1. The van der Waals surface area contributed by atoms with Gasteiger partial charge in [0.2, 0.25) is 5.91 Å². The molecule has 26 heavy (non-hydrogen) atoms. The third-order valence-electron chi connectivity index (χ3n) is 5.01. The number of nitrogens with zero attached hydrogens (tertiary/aromatic N) is 3. The molecule has 2 aliphatic rings. The molecule has 7 heteroatoms. The fourth-order valence-electron chi connectivity index (χ4n) is 3.58. The maximum absolute atomic E-state index is 13.0. The number of carbonyl (C=O) groups excluding carboxylic acids is 2. The van der Waals surface area contributed by atoms with E-state index in [4.69, 9.17) is 0 Å². The summed E-state index contributed by atoms with van der Waals surface area (Å²) in [6, 6.07) is 6.38. The Labute approximate surface area is 153 Å². The average Bonchev–Trinajstić information content (AvgIpc) is 2.97. The molecular weight excluding hydrogens is 335 g/mol. The summed E-state index contributed by atoms with van der Waals surface area (Å²) in [5.41, 5.74) is 1.07. The lowest BCUT2D eigenvalue weighted by atomic mass is 10.2. The van der Waals surface area contributed by atoms with Gasteiger partial charge in [0.15, 0.2) is 0 Å². The second-order valence-corrected chi connectivity index (χ2v) is 7.08. The minimum atomic E-state index is -0.224. The Balaban J connectivity index is 1.42. The lowest BCUT2D eigenvalue weighted by Gasteiger charge is -2.35. The number of likely N-dealkylation sites (tertiary alicyclic amines) is 1. The standard InChI is InChI=1S/C19H27FN4O2/c1-2-7-24-14-17(12-18(24)25)21-19(26)23-10-8-22(9-11-23)13-15-3-5-16(20)6-4-15/h3-6,17H,2,7-14H2,1H3,(H,21,26)/t17-/m0/s1. The number of halogens is 1. The molecule has 0 bridgehead atoms. The molecule has 2 fully saturated rings. The van der Waals surface area contributed by atoms with Gasteiger partial charge in [-0.3, -0.25) is 9.69 Å². The van der Waals surface area contributed by atoms with E-state index in [0.717, 1.165) is 38.2 Å². The maximum Gasteiger partial charge on any atom is 0.317 e. The summed E-state index contributed by atoms with van der Waals surface area (Å²) in [4.78, 5) is 30.3. The molecule has 142 valence electrons. The van der Waals surface area contributed by atoms with E-state index in [1.165, 1.54) is 12.1 Å². The van der Waals surface area contributed by atoms with Crippen LogP contribution in [0.1, 0.15) is 25.3 Å². The van der Waals surface area contributed by atoms with Crippen LogP contribution in [0.4, 0.5) is 9.18 Å². The molecule has 2 saturated heterocycles. The molecule has 2 heterocycles. The van der Waals surface area contributed by atoms with Gasteiger partial charge in [-0.1, -0.05) is 19.1 Å². The average molecular weight is 362 g/mol. The predicted octanol–water partition coefficient (Wildman–Crippen LogP) is 1.66. The number of nitrogens with one attached hydrogen (secondary N) is 1. The quantitative estimate of drug-likeness (QED) is 0.867. The van der Waals surface area contributed by atoms with Gasteiger partial charge in [0.1, 0.15) is 5.82 Å². The zero-order valence-electron chi connectivity index (χ0n) is 15.3. The second-order valence-electron chi connectivity index (χ2n) is 7.08. The minimum Gasteiger partial charge on any atom is -0.341 e. The van der Waals surface area contributed by atoms with E-state index in [1.54, 1.807) is 12.1 Å². The van der Waals surface area contributed by atoms with Crippen LogP contribution in [-0.2, 0) is 11.3 Å². The summed E-state index contributed by atoms with van der Waals surface area (Å²) >= 11 is 0. The molecule has 1 atom stereocenters. The zero-order chi connectivity index (χ0) is 18.5. The summed E-state index contributed by atoms with van der Waals surface area (Å²) in [6.07, 6.45) is 1.33. The number of amides is 3. The highest BCUT2D eigenvalue weighted by molar-refractivity contribution is 5.81. The summed E-state index contributed by atoms with van der Waals surface area (Å²) < 4.78 is 13.0. The van der Waals surface area contributed by atoms with Crippen molar-refractivity contribution < 1.29 is 14.0 Å². The van der Waals surface area contributed by atoms with Crippen LogP contribution in [-0.4, -0.2) is 71.9 Å². The largest absolute Gasteiger partial charge is 0.341 e. The lowest BCUT2D eigenvalue weighted by molar-refractivity contribution is -0.127. The van der Waals surface area contributed by atoms with Gasteiger partial charge in [-0.05, 0) is 24.1 Å². The molecule has 1 N–H and O–H groups in total. The van der Waals surface area contributed by atoms with Gasteiger partial charge in [0.25, 0.3) is 0 Å². The summed E-state index contributed by atoms with van der Waals surface area (Å²) in [5, 5.41) is 3.00. The first kappa shape index (κ1) is 18.6. The Morgan fingerprint density at radius 1 is 1.19 bits per heavy atom. The number of urea groups is 1. The third kappa shape index (κ3) is 4.72. The van der Waals surface area contributed by atoms with E-state index in [2.05, 4.69) is 10.2 Å². The monoisotopic (exact) mass is 362 g/mol. The molecule has 6 nitrogen and oxygen atoms in total. The van der Waals surface area contributed by atoms with E-state index >= 15 is 0 Å². The van der Waals surface area contributed by atoms with Gasteiger partial charge >= 0.3 is 6.03 Å². The van der Waals surface area contributed by atoms with Crippen LogP contribution in [0.25, 0.3) is 0 Å². The van der Waals surface area contributed by atoms with E-state index in [9.17, 15) is 14.0 Å². The second kappa shape index (κ2) is 8.49. The Morgan fingerprint density at radius 3 is 2.54 bits per heavy atom. The Morgan fingerprint density at radius 2 is 1.88 bits per heavy atom. The summed E-state index contributed by atoms with van der Waals surface area (Å²) in [6.45, 7) is 7.07. The van der Waals surface area contributed by atoms with E-state index in [0.29, 0.717) is 26.1 Å². The SMILES string of the molecule is CCCN1C[C@@H](NC(=O)N2CCN(Cc3ccc(F)cc3)CC2)CC1=O. The minimum absolute atomic E-state index is 0.0809. The number of piperazine rings is 1. The molecule has 0 radical (unpaired) electrons. The van der Waals surface area contributed by atoms with Crippen LogP contribution in [0.2, 0.25) is 0 Å². The van der Waals surface area contributed by atoms with Crippen molar-refractivity contribution in [2.24, 2.45) is 0 Å². The molecule has 1 aromatic rings. The topological polar surface area (TPSA) is 55.9 Å². The Bertz CT molecular complexity index is 629. The molecule has 3 rings (SSSR count). The van der Waals surface area contributed by atoms with Gasteiger partial charge in [0.05, 0.1) is 6.04 Å². The molecule has 3 amide bonds. The van der Waals surface area contributed by atoms with Gasteiger partial charge in [-0.2, -0.15) is 0 Å². The van der Waals surface area contributed by atoms with Gasteiger partial charge in [-0.25, -0.2) is 9.18 Å². The molecule has 0 unspecified atom stereocenters. The lowest BCUT2D eigenvalue weighted by Crippen LogP contribution is -2.53. The van der Waals surface area contributed by atoms with Gasteiger partial charge in [-0.15, -0.1) is 0 Å². The van der Waals surface area contributed by atoms with Crippen molar-refractivity contribution in [2.45, 2.75) is 32.4 Å². The van der Waals surface area contributed by atoms with Crippen molar-refractivity contribution in [1.82, 2.24) is 20.0 Å². The van der Waals surface area contributed by atoms with E-state index in [-0.39, 0.29) is 23.8 Å². The van der Waals surface area contributed by atoms with Crippen LogP contribution in [0.15, 0.2) is 24.3 Å². The molecule has 1 aromatic carbocycles. The van der Waals surface area contributed by atoms with Crippen LogP contribution in [0, 0.1) is 5.82 Å². The fourth-order valence-corrected chi connectivity index (χ4v) is 3.58. The number of carbonyl (C=O) groups is 2. The Kier molecular flexibility index (Phi) is 6.08. The first-order chi connectivity index (χ1) is 12.5. The van der Waals surface area contributed by atoms with Crippen molar-refractivity contribution in [3.8, 4) is 0 Å². The van der Waals surface area contributed by atoms with Crippen molar-refractivity contribution >= 4 is 11.9 Å². The highest BCUT2D eigenvalue weighted by Crippen LogP contribution is 2.13. The molecular formula is C19H27FN4O2. The first-order valence-electron chi connectivity index (χ1n) is 9.35. The van der Waals surface area contributed by atoms with Crippen LogP contribution < -0.4 is 5.32 Å². The van der Waals surface area contributed by atoms with Crippen molar-refractivity contribution in [3.05, 3.63) is 35.6 Å². The molecule has 0 aromatic heterocycles. The third-order valence-corrected chi connectivity index (χ3v) is 5.01. The van der Waals surface area contributed by atoms with Gasteiger partial charge in [0, 0.05) is 52.2 Å². The highest BCUT2D eigenvalue weighted by Gasteiger charge is 2.31. The molecule has 2 aliphatic heterocycles. The normalized spacial score (nSPS) is 21.3. The Hall–Kier alpha value is -2.15. The van der Waals surface area contributed by atoms with Crippen LogP contribution in [0.3, 0.4) is 0 Å². The maximum atomic E-state index is 13.0. The summed E-state index contributed by atoms with van der Waals surface area (Å²) in [7, 11) is 0. The van der Waals surface area contributed by atoms with Crippen molar-refractivity contribution in [3.63, 3.8) is 0 Å². The number of rotatable bonds is 5. The zero-order valence-corrected chi connectivity index (χ0v) is 15.3. The summed E-state index contributed by atoms with van der Waals surface area (Å²) in [5.74, 6) is -0.0978. The van der Waals surface area contributed by atoms with Gasteiger partial charge < -0.3 is 15.1 Å². The van der Waals surface area contributed by atoms with E-state index < -0.39 is 0 Å². The molecule has 0 aliphatic carbocycles. The number of benzene rings is 1. The van der Waals surface area contributed by atoms with E-state index in [1.807, 2.05) is 16.7 Å². The number of hydrogen-bond donors (Lipinski definition) is 1. The first-order valence-corrected chi connectivity index (χ1v) is 9.35. The van der Waals surface area contributed by atoms with Crippen LogP contribution in [0.5, 0.6) is 0 Å². The smallest absolute Gasteiger partial charge is 0.317 e. The molecule has 0 spiro atoms.